The SMILES string of the molecule is CCOc1ccc2cc(C(=O)NCc3cccc(NC(=O)c4ccncc4)c3)[nH]c2c1. The maximum Gasteiger partial charge on any atom is 0.267 e. The van der Waals surface area contributed by atoms with Crippen molar-refractivity contribution in [3.63, 3.8) is 0 Å². The molecule has 2 aromatic heterocycles. The second kappa shape index (κ2) is 9.13. The Kier molecular flexibility index (Phi) is 5.93. The van der Waals surface area contributed by atoms with Crippen LogP contribution in [0.25, 0.3) is 10.9 Å². The molecule has 0 aliphatic rings. The van der Waals surface area contributed by atoms with E-state index in [1.807, 2.05) is 49.4 Å². The molecule has 4 rings (SSSR count). The summed E-state index contributed by atoms with van der Waals surface area (Å²) in [7, 11) is 0. The standard InChI is InChI=1S/C24H22N4O3/c1-2-31-20-7-6-18-13-22(28-21(18)14-20)24(30)26-15-16-4-3-5-19(12-16)27-23(29)17-8-10-25-11-9-17/h3-14,28H,2,15H2,1H3,(H,26,30)(H,27,29). The summed E-state index contributed by atoms with van der Waals surface area (Å²) in [5.74, 6) is 0.336. The van der Waals surface area contributed by atoms with Gasteiger partial charge in [0.25, 0.3) is 11.8 Å². The van der Waals surface area contributed by atoms with E-state index in [0.29, 0.717) is 30.1 Å². The van der Waals surface area contributed by atoms with Gasteiger partial charge < -0.3 is 20.4 Å². The number of aromatic nitrogens is 2. The number of carbonyl (C=O) groups excluding carboxylic acids is 2. The van der Waals surface area contributed by atoms with Crippen LogP contribution in [0.2, 0.25) is 0 Å². The van der Waals surface area contributed by atoms with Crippen molar-refractivity contribution in [3.8, 4) is 5.75 Å². The largest absolute Gasteiger partial charge is 0.494 e. The Morgan fingerprint density at radius 3 is 2.65 bits per heavy atom. The summed E-state index contributed by atoms with van der Waals surface area (Å²) in [6, 6.07) is 18.2. The predicted molar refractivity (Wildman–Crippen MR) is 119 cm³/mol. The van der Waals surface area contributed by atoms with Gasteiger partial charge in [-0.3, -0.25) is 14.6 Å². The van der Waals surface area contributed by atoms with Crippen molar-refractivity contribution in [1.82, 2.24) is 15.3 Å². The highest BCUT2D eigenvalue weighted by atomic mass is 16.5. The molecule has 3 N–H and O–H groups in total. The predicted octanol–water partition coefficient (Wildman–Crippen LogP) is 4.14. The van der Waals surface area contributed by atoms with Gasteiger partial charge in [-0.1, -0.05) is 12.1 Å². The van der Waals surface area contributed by atoms with Gasteiger partial charge in [-0.05, 0) is 55.0 Å². The average molecular weight is 414 g/mol. The molecule has 31 heavy (non-hydrogen) atoms. The number of anilines is 1. The van der Waals surface area contributed by atoms with Crippen molar-refractivity contribution >= 4 is 28.4 Å². The molecule has 2 aromatic carbocycles. The van der Waals surface area contributed by atoms with E-state index in [-0.39, 0.29) is 11.8 Å². The number of fused-ring (bicyclic) bond motifs is 1. The van der Waals surface area contributed by atoms with Crippen molar-refractivity contribution in [2.45, 2.75) is 13.5 Å². The number of hydrogen-bond donors (Lipinski definition) is 3. The lowest BCUT2D eigenvalue weighted by molar-refractivity contribution is 0.0945. The van der Waals surface area contributed by atoms with E-state index in [4.69, 9.17) is 4.74 Å². The summed E-state index contributed by atoms with van der Waals surface area (Å²) in [5.41, 5.74) is 3.38. The Hall–Kier alpha value is -4.13. The highest BCUT2D eigenvalue weighted by Gasteiger charge is 2.11. The number of H-pyrrole nitrogens is 1. The van der Waals surface area contributed by atoms with Crippen LogP contribution in [0.3, 0.4) is 0 Å². The number of nitrogens with one attached hydrogen (secondary N) is 3. The fourth-order valence-electron chi connectivity index (χ4n) is 3.23. The fourth-order valence-corrected chi connectivity index (χ4v) is 3.23. The van der Waals surface area contributed by atoms with Crippen LogP contribution in [-0.2, 0) is 6.54 Å². The van der Waals surface area contributed by atoms with Gasteiger partial charge in [0, 0.05) is 47.2 Å². The third-order valence-corrected chi connectivity index (χ3v) is 4.73. The zero-order valence-corrected chi connectivity index (χ0v) is 17.0. The van der Waals surface area contributed by atoms with Crippen LogP contribution in [0.1, 0.15) is 33.3 Å². The number of nitrogens with zero attached hydrogens (tertiary/aromatic N) is 1. The molecule has 7 heteroatoms. The lowest BCUT2D eigenvalue weighted by atomic mass is 10.2. The monoisotopic (exact) mass is 414 g/mol. The normalized spacial score (nSPS) is 10.6. The maximum absolute atomic E-state index is 12.6. The molecule has 156 valence electrons. The van der Waals surface area contributed by atoms with Gasteiger partial charge in [0.15, 0.2) is 0 Å². The third kappa shape index (κ3) is 4.90. The molecule has 0 radical (unpaired) electrons. The minimum Gasteiger partial charge on any atom is -0.494 e. The van der Waals surface area contributed by atoms with E-state index in [1.165, 1.54) is 0 Å². The van der Waals surface area contributed by atoms with Gasteiger partial charge in [0.1, 0.15) is 11.4 Å². The van der Waals surface area contributed by atoms with Gasteiger partial charge in [0.2, 0.25) is 0 Å². The summed E-state index contributed by atoms with van der Waals surface area (Å²) in [6.07, 6.45) is 3.14. The molecule has 4 aromatic rings. The van der Waals surface area contributed by atoms with Crippen molar-refractivity contribution in [2.75, 3.05) is 11.9 Å². The molecule has 0 unspecified atom stereocenters. The van der Waals surface area contributed by atoms with E-state index in [2.05, 4.69) is 20.6 Å². The molecule has 0 saturated heterocycles. The topological polar surface area (TPSA) is 96.1 Å². The fraction of sp³-hybridized carbons (Fsp3) is 0.125. The third-order valence-electron chi connectivity index (χ3n) is 4.73. The molecule has 0 fully saturated rings. The minimum atomic E-state index is -0.215. The average Bonchev–Trinajstić information content (AvgIpc) is 3.22. The van der Waals surface area contributed by atoms with Crippen molar-refractivity contribution < 1.29 is 14.3 Å². The van der Waals surface area contributed by atoms with Crippen LogP contribution in [0.15, 0.2) is 73.1 Å². The molecule has 2 amide bonds. The summed E-state index contributed by atoms with van der Waals surface area (Å²) >= 11 is 0. The number of hydrogen-bond acceptors (Lipinski definition) is 4. The second-order valence-corrected chi connectivity index (χ2v) is 6.94. The summed E-state index contributed by atoms with van der Waals surface area (Å²) < 4.78 is 5.50. The summed E-state index contributed by atoms with van der Waals surface area (Å²) in [5, 5.41) is 6.70. The Morgan fingerprint density at radius 1 is 1.00 bits per heavy atom. The van der Waals surface area contributed by atoms with E-state index < -0.39 is 0 Å². The van der Waals surface area contributed by atoms with E-state index in [0.717, 1.165) is 22.2 Å². The number of ether oxygens (including phenoxy) is 1. The Morgan fingerprint density at radius 2 is 1.84 bits per heavy atom. The van der Waals surface area contributed by atoms with E-state index in [1.54, 1.807) is 30.6 Å². The second-order valence-electron chi connectivity index (χ2n) is 6.94. The maximum atomic E-state index is 12.6. The van der Waals surface area contributed by atoms with Crippen molar-refractivity contribution in [1.29, 1.82) is 0 Å². The van der Waals surface area contributed by atoms with Gasteiger partial charge in [-0.15, -0.1) is 0 Å². The van der Waals surface area contributed by atoms with Crippen molar-refractivity contribution in [2.24, 2.45) is 0 Å². The van der Waals surface area contributed by atoms with Crippen LogP contribution in [0.5, 0.6) is 5.75 Å². The van der Waals surface area contributed by atoms with Crippen LogP contribution in [0.4, 0.5) is 5.69 Å². The highest BCUT2D eigenvalue weighted by molar-refractivity contribution is 6.04. The first-order chi connectivity index (χ1) is 15.1. The molecule has 0 spiro atoms. The smallest absolute Gasteiger partial charge is 0.267 e. The first-order valence-corrected chi connectivity index (χ1v) is 9.96. The summed E-state index contributed by atoms with van der Waals surface area (Å²) in [6.45, 7) is 2.84. The molecular weight excluding hydrogens is 392 g/mol. The van der Waals surface area contributed by atoms with Crippen LogP contribution >= 0.6 is 0 Å². The zero-order valence-electron chi connectivity index (χ0n) is 17.0. The Balaban J connectivity index is 1.40. The van der Waals surface area contributed by atoms with Crippen LogP contribution in [0, 0.1) is 0 Å². The number of amides is 2. The number of carbonyl (C=O) groups is 2. The van der Waals surface area contributed by atoms with Crippen LogP contribution in [-0.4, -0.2) is 28.4 Å². The van der Waals surface area contributed by atoms with Crippen molar-refractivity contribution in [3.05, 3.63) is 89.9 Å². The lowest BCUT2D eigenvalue weighted by Crippen LogP contribution is -2.23. The van der Waals surface area contributed by atoms with E-state index in [9.17, 15) is 9.59 Å². The molecular formula is C24H22N4O3. The van der Waals surface area contributed by atoms with Gasteiger partial charge in [-0.25, -0.2) is 0 Å². The molecule has 2 heterocycles. The highest BCUT2D eigenvalue weighted by Crippen LogP contribution is 2.21. The number of benzene rings is 2. The molecule has 0 aliphatic heterocycles. The number of rotatable bonds is 7. The quantitative estimate of drug-likeness (QED) is 0.423. The molecule has 0 aliphatic carbocycles. The van der Waals surface area contributed by atoms with Gasteiger partial charge in [-0.2, -0.15) is 0 Å². The summed E-state index contributed by atoms with van der Waals surface area (Å²) in [4.78, 5) is 31.9. The number of pyridine rings is 1. The lowest BCUT2D eigenvalue weighted by Gasteiger charge is -2.08. The van der Waals surface area contributed by atoms with E-state index >= 15 is 0 Å². The molecule has 0 saturated carbocycles. The first-order valence-electron chi connectivity index (χ1n) is 9.96. The first kappa shape index (κ1) is 20.2. The van der Waals surface area contributed by atoms with Gasteiger partial charge in [0.05, 0.1) is 6.61 Å². The molecule has 7 nitrogen and oxygen atoms in total. The molecule has 0 atom stereocenters. The molecule has 0 bridgehead atoms. The minimum absolute atomic E-state index is 0.208. The Labute approximate surface area is 179 Å². The zero-order chi connectivity index (χ0) is 21.6. The number of aromatic amines is 1. The Bertz CT molecular complexity index is 1220. The van der Waals surface area contributed by atoms with Gasteiger partial charge >= 0.3 is 0 Å². The van der Waals surface area contributed by atoms with Crippen LogP contribution < -0.4 is 15.4 Å².